The molecule has 0 atom stereocenters. The zero-order chi connectivity index (χ0) is 20.1. The van der Waals surface area contributed by atoms with Gasteiger partial charge in [-0.1, -0.05) is 57.2 Å². The van der Waals surface area contributed by atoms with Crippen molar-refractivity contribution in [2.75, 3.05) is 6.61 Å². The first-order valence-corrected chi connectivity index (χ1v) is 9.64. The average Bonchev–Trinajstić information content (AvgIpc) is 3.17. The maximum Gasteiger partial charge on any atom is 0.306 e. The van der Waals surface area contributed by atoms with Gasteiger partial charge in [0.2, 0.25) is 0 Å². The van der Waals surface area contributed by atoms with Gasteiger partial charge < -0.3 is 4.74 Å². The summed E-state index contributed by atoms with van der Waals surface area (Å²) in [5, 5.41) is 4.60. The van der Waals surface area contributed by atoms with Crippen LogP contribution < -0.4 is 0 Å². The molecule has 0 aliphatic rings. The standard InChI is InChI=1S/C23H27N3O2/c1-5-28-21(27)15-8-17-6-9-18(10-7-17)22-24-16-26(25-22)20-13-11-19(12-14-20)23(2,3)4/h6-7,9-14,16H,5,8,15H2,1-4H3. The zero-order valence-electron chi connectivity index (χ0n) is 17.0. The molecule has 0 N–H and O–H groups in total. The Balaban J connectivity index is 1.69. The van der Waals surface area contributed by atoms with Crippen molar-refractivity contribution in [1.29, 1.82) is 0 Å². The highest BCUT2D eigenvalue weighted by Crippen LogP contribution is 2.23. The van der Waals surface area contributed by atoms with Gasteiger partial charge in [-0.25, -0.2) is 9.67 Å². The van der Waals surface area contributed by atoms with Crippen LogP contribution in [0.25, 0.3) is 17.1 Å². The third-order valence-corrected chi connectivity index (χ3v) is 4.62. The minimum atomic E-state index is -0.163. The normalized spacial score (nSPS) is 11.4. The predicted molar refractivity (Wildman–Crippen MR) is 110 cm³/mol. The summed E-state index contributed by atoms with van der Waals surface area (Å²) >= 11 is 0. The first-order chi connectivity index (χ1) is 13.4. The molecule has 3 rings (SSSR count). The van der Waals surface area contributed by atoms with E-state index in [0.717, 1.165) is 16.8 Å². The Morgan fingerprint density at radius 2 is 1.71 bits per heavy atom. The van der Waals surface area contributed by atoms with Gasteiger partial charge in [-0.2, -0.15) is 0 Å². The van der Waals surface area contributed by atoms with Gasteiger partial charge in [-0.05, 0) is 42.0 Å². The molecule has 0 spiro atoms. The monoisotopic (exact) mass is 377 g/mol. The van der Waals surface area contributed by atoms with Gasteiger partial charge in [0.05, 0.1) is 12.3 Å². The van der Waals surface area contributed by atoms with Gasteiger partial charge in [-0.15, -0.1) is 5.10 Å². The van der Waals surface area contributed by atoms with E-state index in [9.17, 15) is 4.79 Å². The van der Waals surface area contributed by atoms with E-state index < -0.39 is 0 Å². The highest BCUT2D eigenvalue weighted by molar-refractivity contribution is 5.69. The van der Waals surface area contributed by atoms with Gasteiger partial charge in [0.15, 0.2) is 5.82 Å². The quantitative estimate of drug-likeness (QED) is 0.583. The molecule has 0 aliphatic heterocycles. The van der Waals surface area contributed by atoms with Crippen LogP contribution in [-0.2, 0) is 21.4 Å². The smallest absolute Gasteiger partial charge is 0.306 e. The first kappa shape index (κ1) is 19.8. The summed E-state index contributed by atoms with van der Waals surface area (Å²) in [6.45, 7) is 8.84. The van der Waals surface area contributed by atoms with Crippen LogP contribution in [0.4, 0.5) is 0 Å². The van der Waals surface area contributed by atoms with Gasteiger partial charge >= 0.3 is 5.97 Å². The van der Waals surface area contributed by atoms with Crippen LogP contribution in [-0.4, -0.2) is 27.3 Å². The first-order valence-electron chi connectivity index (χ1n) is 9.64. The number of hydrogen-bond donors (Lipinski definition) is 0. The number of carbonyl (C=O) groups is 1. The molecule has 0 amide bonds. The number of nitrogens with zero attached hydrogens (tertiary/aromatic N) is 3. The summed E-state index contributed by atoms with van der Waals surface area (Å²) in [5.41, 5.74) is 4.44. The van der Waals surface area contributed by atoms with Crippen molar-refractivity contribution in [3.8, 4) is 17.1 Å². The molecular formula is C23H27N3O2. The Labute approximate surface area is 166 Å². The Morgan fingerprint density at radius 3 is 2.32 bits per heavy atom. The fraction of sp³-hybridized carbons (Fsp3) is 0.348. The van der Waals surface area contributed by atoms with E-state index in [4.69, 9.17) is 4.74 Å². The topological polar surface area (TPSA) is 57.0 Å². The summed E-state index contributed by atoms with van der Waals surface area (Å²) in [6.07, 6.45) is 2.79. The van der Waals surface area contributed by atoms with Crippen molar-refractivity contribution >= 4 is 5.97 Å². The SMILES string of the molecule is CCOC(=O)CCc1ccc(-c2ncn(-c3ccc(C(C)(C)C)cc3)n2)cc1. The van der Waals surface area contributed by atoms with Crippen molar-refractivity contribution < 1.29 is 9.53 Å². The maximum atomic E-state index is 11.5. The van der Waals surface area contributed by atoms with Crippen LogP contribution >= 0.6 is 0 Å². The molecule has 0 fully saturated rings. The summed E-state index contributed by atoms with van der Waals surface area (Å²) in [5.74, 6) is 0.515. The van der Waals surface area contributed by atoms with Crippen LogP contribution in [0, 0.1) is 0 Å². The third kappa shape index (κ3) is 4.85. The molecule has 0 radical (unpaired) electrons. The van der Waals surface area contributed by atoms with E-state index in [-0.39, 0.29) is 11.4 Å². The average molecular weight is 377 g/mol. The molecule has 0 unspecified atom stereocenters. The number of ether oxygens (including phenoxy) is 1. The van der Waals surface area contributed by atoms with Crippen LogP contribution in [0.2, 0.25) is 0 Å². The number of esters is 1. The second kappa shape index (κ2) is 8.38. The molecule has 3 aromatic rings. The molecule has 0 saturated heterocycles. The molecule has 146 valence electrons. The molecule has 0 aliphatic carbocycles. The number of rotatable bonds is 6. The second-order valence-electron chi connectivity index (χ2n) is 7.81. The highest BCUT2D eigenvalue weighted by Gasteiger charge is 2.13. The number of carbonyl (C=O) groups excluding carboxylic acids is 1. The van der Waals surface area contributed by atoms with E-state index in [1.165, 1.54) is 5.56 Å². The Morgan fingerprint density at radius 1 is 1.04 bits per heavy atom. The minimum Gasteiger partial charge on any atom is -0.466 e. The third-order valence-electron chi connectivity index (χ3n) is 4.62. The maximum absolute atomic E-state index is 11.5. The minimum absolute atomic E-state index is 0.126. The predicted octanol–water partition coefficient (Wildman–Crippen LogP) is 4.73. The largest absolute Gasteiger partial charge is 0.466 e. The molecule has 0 saturated carbocycles. The van der Waals surface area contributed by atoms with Gasteiger partial charge in [0.1, 0.15) is 6.33 Å². The van der Waals surface area contributed by atoms with Gasteiger partial charge in [0, 0.05) is 12.0 Å². The van der Waals surface area contributed by atoms with Crippen LogP contribution in [0.1, 0.15) is 45.2 Å². The van der Waals surface area contributed by atoms with Crippen LogP contribution in [0.3, 0.4) is 0 Å². The number of aromatic nitrogens is 3. The van der Waals surface area contributed by atoms with Crippen molar-refractivity contribution in [2.45, 2.75) is 46.0 Å². The summed E-state index contributed by atoms with van der Waals surface area (Å²) in [4.78, 5) is 15.9. The molecule has 5 nitrogen and oxygen atoms in total. The van der Waals surface area contributed by atoms with Gasteiger partial charge in [0.25, 0.3) is 0 Å². The number of benzene rings is 2. The molecule has 1 aromatic heterocycles. The molecule has 2 aromatic carbocycles. The number of aryl methyl sites for hydroxylation is 1. The molecule has 0 bridgehead atoms. The zero-order valence-corrected chi connectivity index (χ0v) is 17.0. The highest BCUT2D eigenvalue weighted by atomic mass is 16.5. The lowest BCUT2D eigenvalue weighted by atomic mass is 9.87. The van der Waals surface area contributed by atoms with Crippen molar-refractivity contribution in [1.82, 2.24) is 14.8 Å². The van der Waals surface area contributed by atoms with Crippen molar-refractivity contribution in [2.24, 2.45) is 0 Å². The second-order valence-corrected chi connectivity index (χ2v) is 7.81. The summed E-state index contributed by atoms with van der Waals surface area (Å²) < 4.78 is 6.75. The Kier molecular flexibility index (Phi) is 5.93. The van der Waals surface area contributed by atoms with Crippen molar-refractivity contribution in [3.63, 3.8) is 0 Å². The molecular weight excluding hydrogens is 350 g/mol. The lowest BCUT2D eigenvalue weighted by Gasteiger charge is -2.19. The summed E-state index contributed by atoms with van der Waals surface area (Å²) in [7, 11) is 0. The fourth-order valence-corrected chi connectivity index (χ4v) is 2.93. The molecule has 1 heterocycles. The lowest BCUT2D eigenvalue weighted by Crippen LogP contribution is -2.10. The van der Waals surface area contributed by atoms with E-state index in [0.29, 0.717) is 25.3 Å². The van der Waals surface area contributed by atoms with E-state index in [2.05, 4.69) is 55.1 Å². The van der Waals surface area contributed by atoms with E-state index in [1.807, 2.05) is 31.2 Å². The van der Waals surface area contributed by atoms with E-state index >= 15 is 0 Å². The Hall–Kier alpha value is -2.95. The van der Waals surface area contributed by atoms with Crippen LogP contribution in [0.5, 0.6) is 0 Å². The molecule has 28 heavy (non-hydrogen) atoms. The van der Waals surface area contributed by atoms with E-state index in [1.54, 1.807) is 11.0 Å². The Bertz CT molecular complexity index is 920. The molecule has 5 heteroatoms. The summed E-state index contributed by atoms with van der Waals surface area (Å²) in [6, 6.07) is 16.4. The fourth-order valence-electron chi connectivity index (χ4n) is 2.93. The van der Waals surface area contributed by atoms with Crippen molar-refractivity contribution in [3.05, 3.63) is 66.0 Å². The van der Waals surface area contributed by atoms with Gasteiger partial charge in [-0.3, -0.25) is 4.79 Å². The lowest BCUT2D eigenvalue weighted by molar-refractivity contribution is -0.143. The number of hydrogen-bond acceptors (Lipinski definition) is 4. The van der Waals surface area contributed by atoms with Crippen LogP contribution in [0.15, 0.2) is 54.9 Å².